The first-order valence-electron chi connectivity index (χ1n) is 5.66. The molecule has 0 unspecified atom stereocenters. The number of phenolic OH excluding ortho intramolecular Hbond substituents is 1. The molecule has 1 aromatic carbocycles. The molecule has 0 saturated heterocycles. The van der Waals surface area contributed by atoms with Gasteiger partial charge >= 0.3 is 7.00 Å². The van der Waals surface area contributed by atoms with Crippen LogP contribution in [0.3, 0.4) is 0 Å². The third kappa shape index (κ3) is 3.24. The molecule has 0 aliphatic rings. The van der Waals surface area contributed by atoms with Gasteiger partial charge < -0.3 is 5.11 Å². The van der Waals surface area contributed by atoms with Crippen molar-refractivity contribution in [2.75, 3.05) is 18.5 Å². The van der Waals surface area contributed by atoms with E-state index >= 15 is 0 Å². The lowest BCUT2D eigenvalue weighted by Gasteiger charge is -2.22. The van der Waals surface area contributed by atoms with Crippen LogP contribution >= 0.6 is 7.14 Å². The van der Waals surface area contributed by atoms with Crippen LogP contribution in [0.5, 0.6) is 5.75 Å². The largest absolute Gasteiger partial charge is 0.508 e. The Balaban J connectivity index is 2.78. The fourth-order valence-electron chi connectivity index (χ4n) is 1.82. The van der Waals surface area contributed by atoms with Crippen LogP contribution < -0.4 is 5.46 Å². The van der Waals surface area contributed by atoms with Gasteiger partial charge in [-0.25, -0.2) is 0 Å². The summed E-state index contributed by atoms with van der Waals surface area (Å²) in [6, 6.07) is 7.54. The second kappa shape index (κ2) is 5.56. The Labute approximate surface area is 94.4 Å². The molecule has 0 heterocycles. The highest BCUT2D eigenvalue weighted by molar-refractivity contribution is 8.02. The van der Waals surface area contributed by atoms with Gasteiger partial charge in [-0.15, -0.1) is 0 Å². The van der Waals surface area contributed by atoms with Crippen LogP contribution in [-0.2, 0) is 0 Å². The molecule has 0 bridgehead atoms. The lowest BCUT2D eigenvalue weighted by atomic mass is 9.94. The molecule has 81 valence electrons. The van der Waals surface area contributed by atoms with Crippen LogP contribution in [-0.4, -0.2) is 30.6 Å². The van der Waals surface area contributed by atoms with Gasteiger partial charge in [-0.05, 0) is 45.5 Å². The van der Waals surface area contributed by atoms with Crippen LogP contribution in [0, 0.1) is 0 Å². The molecular formula is C12H20BOP+. The first-order chi connectivity index (χ1) is 7.15. The summed E-state index contributed by atoms with van der Waals surface area (Å²) in [4.78, 5) is 0. The predicted molar refractivity (Wildman–Crippen MR) is 72.0 cm³/mol. The van der Waals surface area contributed by atoms with Gasteiger partial charge in [0.2, 0.25) is 0 Å². The fraction of sp³-hybridized carbons (Fsp3) is 0.500. The Morgan fingerprint density at radius 2 is 1.47 bits per heavy atom. The molecule has 0 spiro atoms. The summed E-state index contributed by atoms with van der Waals surface area (Å²) in [6.45, 7) is 9.32. The maximum Gasteiger partial charge on any atom is 0.395 e. The van der Waals surface area contributed by atoms with E-state index in [4.69, 9.17) is 0 Å². The Bertz CT molecular complexity index is 285. The number of benzene rings is 1. The van der Waals surface area contributed by atoms with Crippen LogP contribution in [0.15, 0.2) is 24.3 Å². The highest BCUT2D eigenvalue weighted by Crippen LogP contribution is 2.55. The maximum atomic E-state index is 9.22. The molecular weight excluding hydrogens is 202 g/mol. The molecule has 1 nitrogen and oxygen atoms in total. The zero-order valence-corrected chi connectivity index (χ0v) is 10.8. The molecule has 0 aliphatic heterocycles. The fourth-order valence-corrected chi connectivity index (χ4v) is 4.52. The average molecular weight is 222 g/mol. The molecule has 1 rings (SSSR count). The standard InChI is InChI=1S/C12H20BOP/c1-4-15(5-2,6-3)13-11-7-9-12(14)10-8-11/h7-10,14H,4-6H2,1-3H3/q+1. The van der Waals surface area contributed by atoms with Crippen molar-refractivity contribution in [2.24, 2.45) is 0 Å². The minimum absolute atomic E-state index is 0.348. The third-order valence-electron chi connectivity index (χ3n) is 3.21. The van der Waals surface area contributed by atoms with Crippen LogP contribution in [0.1, 0.15) is 20.8 Å². The van der Waals surface area contributed by atoms with Gasteiger partial charge in [0.25, 0.3) is 0 Å². The Morgan fingerprint density at radius 1 is 1.00 bits per heavy atom. The van der Waals surface area contributed by atoms with E-state index < -0.39 is 7.14 Å². The molecule has 0 atom stereocenters. The van der Waals surface area contributed by atoms with Gasteiger partial charge in [-0.3, -0.25) is 0 Å². The summed E-state index contributed by atoms with van der Waals surface area (Å²) in [7, 11) is -0.883. The van der Waals surface area contributed by atoms with Gasteiger partial charge in [-0.1, -0.05) is 12.1 Å². The van der Waals surface area contributed by atoms with Gasteiger partial charge in [0, 0.05) is 18.5 Å². The van der Waals surface area contributed by atoms with E-state index in [9.17, 15) is 5.11 Å². The maximum absolute atomic E-state index is 9.22. The van der Waals surface area contributed by atoms with Crippen molar-refractivity contribution in [2.45, 2.75) is 20.8 Å². The average Bonchev–Trinajstić information content (AvgIpc) is 2.29. The molecule has 3 heteroatoms. The second-order valence-corrected chi connectivity index (χ2v) is 8.48. The second-order valence-electron chi connectivity index (χ2n) is 3.89. The predicted octanol–water partition coefficient (Wildman–Crippen LogP) is 2.71. The zero-order valence-electron chi connectivity index (χ0n) is 9.90. The van der Waals surface area contributed by atoms with E-state index in [-0.39, 0.29) is 0 Å². The van der Waals surface area contributed by atoms with Crippen molar-refractivity contribution < 1.29 is 5.11 Å². The monoisotopic (exact) mass is 222 g/mol. The van der Waals surface area contributed by atoms with Gasteiger partial charge in [-0.2, -0.15) is 0 Å². The lowest BCUT2D eigenvalue weighted by Crippen LogP contribution is -2.21. The Hall–Kier alpha value is -0.485. The number of phenols is 1. The number of hydrogen-bond donors (Lipinski definition) is 1. The van der Waals surface area contributed by atoms with Gasteiger partial charge in [0.05, 0.1) is 0 Å². The van der Waals surface area contributed by atoms with Crippen molar-refractivity contribution in [3.05, 3.63) is 24.3 Å². The summed E-state index contributed by atoms with van der Waals surface area (Å²) < 4.78 is 0. The molecule has 0 amide bonds. The summed E-state index contributed by atoms with van der Waals surface area (Å²) in [5, 5.41) is 9.22. The van der Waals surface area contributed by atoms with Crippen molar-refractivity contribution in [3.8, 4) is 5.75 Å². The first kappa shape index (κ1) is 12.6. The SMILES string of the molecule is CC[P+]([B]c1ccc(O)cc1)(CC)CC. The quantitative estimate of drug-likeness (QED) is 0.599. The smallest absolute Gasteiger partial charge is 0.395 e. The van der Waals surface area contributed by atoms with E-state index in [2.05, 4.69) is 27.8 Å². The van der Waals surface area contributed by atoms with Crippen LogP contribution in [0.2, 0.25) is 0 Å². The van der Waals surface area contributed by atoms with E-state index in [1.54, 1.807) is 12.1 Å². The van der Waals surface area contributed by atoms with Crippen molar-refractivity contribution in [3.63, 3.8) is 0 Å². The van der Waals surface area contributed by atoms with E-state index in [0.717, 1.165) is 0 Å². The van der Waals surface area contributed by atoms with Crippen molar-refractivity contribution in [1.29, 1.82) is 0 Å². The number of hydrogen-bond acceptors (Lipinski definition) is 1. The highest BCUT2D eigenvalue weighted by Gasteiger charge is 2.33. The zero-order chi connectivity index (χ0) is 11.3. The lowest BCUT2D eigenvalue weighted by molar-refractivity contribution is 0.475. The Morgan fingerprint density at radius 3 is 1.87 bits per heavy atom. The molecule has 0 aromatic heterocycles. The molecule has 1 radical (unpaired) electrons. The van der Waals surface area contributed by atoms with E-state index in [1.807, 2.05) is 12.1 Å². The van der Waals surface area contributed by atoms with Gasteiger partial charge in [0.1, 0.15) is 5.75 Å². The molecule has 1 N–H and O–H groups in total. The number of rotatable bonds is 5. The van der Waals surface area contributed by atoms with Gasteiger partial charge in [0.15, 0.2) is 0 Å². The topological polar surface area (TPSA) is 20.2 Å². The van der Waals surface area contributed by atoms with Crippen LogP contribution in [0.4, 0.5) is 0 Å². The minimum Gasteiger partial charge on any atom is -0.508 e. The number of aromatic hydroxyl groups is 1. The molecule has 1 aromatic rings. The van der Waals surface area contributed by atoms with Crippen molar-refractivity contribution in [1.82, 2.24) is 0 Å². The summed E-state index contributed by atoms with van der Waals surface area (Å²) >= 11 is 0. The first-order valence-corrected chi connectivity index (χ1v) is 8.08. The summed E-state index contributed by atoms with van der Waals surface area (Å²) in [5.41, 5.74) is 1.26. The Kier molecular flexibility index (Phi) is 4.66. The summed E-state index contributed by atoms with van der Waals surface area (Å²) in [6.07, 6.45) is 3.84. The minimum atomic E-state index is -0.883. The third-order valence-corrected chi connectivity index (χ3v) is 7.83. The van der Waals surface area contributed by atoms with E-state index in [1.165, 1.54) is 23.9 Å². The van der Waals surface area contributed by atoms with Crippen LogP contribution in [0.25, 0.3) is 0 Å². The molecule has 15 heavy (non-hydrogen) atoms. The summed E-state index contributed by atoms with van der Waals surface area (Å²) in [5.74, 6) is 0.348. The van der Waals surface area contributed by atoms with Crippen molar-refractivity contribution >= 4 is 19.6 Å². The van der Waals surface area contributed by atoms with E-state index in [0.29, 0.717) is 5.75 Å². The highest BCUT2D eigenvalue weighted by atomic mass is 31.2. The molecule has 0 aliphatic carbocycles. The molecule has 0 saturated carbocycles. The normalized spacial score (nSPS) is 11.4. The molecule has 0 fully saturated rings.